The van der Waals surface area contributed by atoms with Gasteiger partial charge in [-0.15, -0.1) is 11.3 Å². The highest BCUT2D eigenvalue weighted by atomic mass is 32.1. The van der Waals surface area contributed by atoms with Crippen LogP contribution < -0.4 is 5.32 Å². The summed E-state index contributed by atoms with van der Waals surface area (Å²) in [5.41, 5.74) is 2.40. The van der Waals surface area contributed by atoms with E-state index in [1.807, 2.05) is 11.0 Å². The molecule has 0 bridgehead atoms. The number of carboxylic acid groups (broad SMARTS) is 1. The molecule has 2 heterocycles. The summed E-state index contributed by atoms with van der Waals surface area (Å²) in [6, 6.07) is 8.71. The molecule has 1 aliphatic heterocycles. The van der Waals surface area contributed by atoms with Crippen LogP contribution in [0.5, 0.6) is 0 Å². The highest BCUT2D eigenvalue weighted by molar-refractivity contribution is 7.10. The van der Waals surface area contributed by atoms with Crippen LogP contribution in [0.2, 0.25) is 0 Å². The van der Waals surface area contributed by atoms with Gasteiger partial charge in [0.2, 0.25) is 5.91 Å². The summed E-state index contributed by atoms with van der Waals surface area (Å²) in [6.45, 7) is 4.01. The number of hydrogen-bond acceptors (Lipinski definition) is 4. The van der Waals surface area contributed by atoms with Crippen LogP contribution in [0.15, 0.2) is 35.7 Å². The van der Waals surface area contributed by atoms with E-state index >= 15 is 0 Å². The fourth-order valence-corrected chi connectivity index (χ4v) is 4.20. The Hall–Kier alpha value is -2.18. The Balaban J connectivity index is 1.64. The van der Waals surface area contributed by atoms with Gasteiger partial charge in [-0.25, -0.2) is 4.79 Å². The van der Waals surface area contributed by atoms with E-state index in [9.17, 15) is 9.59 Å². The van der Waals surface area contributed by atoms with E-state index in [4.69, 9.17) is 5.11 Å². The maximum Gasteiger partial charge on any atom is 0.335 e. The topological polar surface area (TPSA) is 69.6 Å². The molecule has 1 unspecified atom stereocenters. The van der Waals surface area contributed by atoms with Crippen LogP contribution in [-0.4, -0.2) is 34.5 Å². The third kappa shape index (κ3) is 4.31. The summed E-state index contributed by atoms with van der Waals surface area (Å²) in [5.74, 6) is -0.800. The molecular formula is C20H24N2O3S. The van der Waals surface area contributed by atoms with Gasteiger partial charge in [-0.3, -0.25) is 4.79 Å². The summed E-state index contributed by atoms with van der Waals surface area (Å²) in [4.78, 5) is 27.4. The van der Waals surface area contributed by atoms with Crippen LogP contribution in [0.1, 0.15) is 46.1 Å². The van der Waals surface area contributed by atoms with Crippen molar-refractivity contribution < 1.29 is 14.7 Å². The number of benzene rings is 1. The molecule has 1 aliphatic rings. The standard InChI is InChI=1S/C20H24N2O3S/c1-2-4-17(21-12-14-5-3-6-15(11-14)20(24)25)19(23)22-9-7-18-16(13-22)8-10-26-18/h3,5-6,8,10-11,17,21H,2,4,7,9,12-13H2,1H3,(H,24,25). The number of carboxylic acids is 1. The number of thiophene rings is 1. The zero-order valence-corrected chi connectivity index (χ0v) is 15.7. The molecule has 0 saturated heterocycles. The highest BCUT2D eigenvalue weighted by Crippen LogP contribution is 2.24. The van der Waals surface area contributed by atoms with Gasteiger partial charge in [0.15, 0.2) is 0 Å². The molecule has 1 aromatic carbocycles. The fraction of sp³-hybridized carbons (Fsp3) is 0.400. The van der Waals surface area contributed by atoms with Crippen molar-refractivity contribution in [3.8, 4) is 0 Å². The van der Waals surface area contributed by atoms with E-state index in [0.29, 0.717) is 13.1 Å². The minimum atomic E-state index is -0.937. The first kappa shape index (κ1) is 18.6. The van der Waals surface area contributed by atoms with Crippen LogP contribution in [0.4, 0.5) is 0 Å². The molecule has 2 N–H and O–H groups in total. The van der Waals surface area contributed by atoms with Gasteiger partial charge in [0.1, 0.15) is 0 Å². The molecular weight excluding hydrogens is 348 g/mol. The predicted molar refractivity (Wildman–Crippen MR) is 102 cm³/mol. The molecule has 6 heteroatoms. The molecule has 1 atom stereocenters. The number of rotatable bonds is 7. The first-order valence-corrected chi connectivity index (χ1v) is 9.86. The lowest BCUT2D eigenvalue weighted by Crippen LogP contribution is -2.47. The van der Waals surface area contributed by atoms with Gasteiger partial charge in [-0.1, -0.05) is 25.5 Å². The summed E-state index contributed by atoms with van der Waals surface area (Å²) >= 11 is 1.77. The van der Waals surface area contributed by atoms with E-state index in [2.05, 4.69) is 23.7 Å². The minimum absolute atomic E-state index is 0.137. The molecule has 0 fully saturated rings. The predicted octanol–water partition coefficient (Wildman–Crippen LogP) is 3.29. The lowest BCUT2D eigenvalue weighted by molar-refractivity contribution is -0.134. The monoisotopic (exact) mass is 372 g/mol. The van der Waals surface area contributed by atoms with Crippen molar-refractivity contribution >= 4 is 23.2 Å². The van der Waals surface area contributed by atoms with Crippen molar-refractivity contribution in [2.75, 3.05) is 6.54 Å². The number of fused-ring (bicyclic) bond motifs is 1. The minimum Gasteiger partial charge on any atom is -0.478 e. The van der Waals surface area contributed by atoms with Crippen molar-refractivity contribution in [2.45, 2.75) is 45.3 Å². The van der Waals surface area contributed by atoms with Crippen molar-refractivity contribution in [3.05, 3.63) is 57.3 Å². The van der Waals surface area contributed by atoms with Crippen LogP contribution >= 0.6 is 11.3 Å². The molecule has 0 radical (unpaired) electrons. The second-order valence-corrected chi connectivity index (χ2v) is 7.61. The quantitative estimate of drug-likeness (QED) is 0.782. The third-order valence-electron chi connectivity index (χ3n) is 4.72. The molecule has 5 nitrogen and oxygen atoms in total. The van der Waals surface area contributed by atoms with Gasteiger partial charge in [0.25, 0.3) is 0 Å². The normalized spacial score (nSPS) is 14.7. The lowest BCUT2D eigenvalue weighted by atomic mass is 10.1. The van der Waals surface area contributed by atoms with E-state index in [1.165, 1.54) is 10.4 Å². The average Bonchev–Trinajstić information content (AvgIpc) is 3.12. The summed E-state index contributed by atoms with van der Waals surface area (Å²) < 4.78 is 0. The van der Waals surface area contributed by atoms with Gasteiger partial charge in [0, 0.05) is 24.5 Å². The molecule has 2 aromatic rings. The number of carbonyl (C=O) groups is 2. The molecule has 0 spiro atoms. The largest absolute Gasteiger partial charge is 0.478 e. The Bertz CT molecular complexity index is 787. The summed E-state index contributed by atoms with van der Waals surface area (Å²) in [7, 11) is 0. The first-order chi connectivity index (χ1) is 12.6. The van der Waals surface area contributed by atoms with Gasteiger partial charge in [-0.05, 0) is 47.5 Å². The molecule has 3 rings (SSSR count). The Morgan fingerprint density at radius 1 is 1.35 bits per heavy atom. The number of nitrogens with zero attached hydrogens (tertiary/aromatic N) is 1. The van der Waals surface area contributed by atoms with Crippen LogP contribution in [0, 0.1) is 0 Å². The van der Waals surface area contributed by atoms with E-state index in [1.54, 1.807) is 29.5 Å². The highest BCUT2D eigenvalue weighted by Gasteiger charge is 2.27. The van der Waals surface area contributed by atoms with Gasteiger partial charge in [0.05, 0.1) is 11.6 Å². The number of carbonyl (C=O) groups excluding carboxylic acids is 1. The first-order valence-electron chi connectivity index (χ1n) is 8.98. The maximum atomic E-state index is 13.0. The van der Waals surface area contributed by atoms with Crippen molar-refractivity contribution in [2.24, 2.45) is 0 Å². The number of aromatic carboxylic acids is 1. The van der Waals surface area contributed by atoms with E-state index in [-0.39, 0.29) is 17.5 Å². The van der Waals surface area contributed by atoms with Crippen LogP contribution in [-0.2, 0) is 24.3 Å². The number of amides is 1. The smallest absolute Gasteiger partial charge is 0.335 e. The molecule has 138 valence electrons. The van der Waals surface area contributed by atoms with Crippen molar-refractivity contribution in [3.63, 3.8) is 0 Å². The van der Waals surface area contributed by atoms with Gasteiger partial charge < -0.3 is 15.3 Å². The van der Waals surface area contributed by atoms with Gasteiger partial charge >= 0.3 is 5.97 Å². The molecule has 0 aliphatic carbocycles. The Labute approximate surface area is 157 Å². The Morgan fingerprint density at radius 2 is 2.19 bits per heavy atom. The number of hydrogen-bond donors (Lipinski definition) is 2. The maximum absolute atomic E-state index is 13.0. The lowest BCUT2D eigenvalue weighted by Gasteiger charge is -2.31. The zero-order valence-electron chi connectivity index (χ0n) is 14.9. The van der Waals surface area contributed by atoms with E-state index < -0.39 is 5.97 Å². The summed E-state index contributed by atoms with van der Waals surface area (Å²) in [5, 5.41) is 14.5. The molecule has 1 amide bonds. The van der Waals surface area contributed by atoms with Crippen molar-refractivity contribution in [1.82, 2.24) is 10.2 Å². The van der Waals surface area contributed by atoms with Crippen LogP contribution in [0.3, 0.4) is 0 Å². The molecule has 0 saturated carbocycles. The zero-order chi connectivity index (χ0) is 18.5. The fourth-order valence-electron chi connectivity index (χ4n) is 3.31. The third-order valence-corrected chi connectivity index (χ3v) is 5.74. The van der Waals surface area contributed by atoms with E-state index in [0.717, 1.165) is 31.4 Å². The second kappa shape index (κ2) is 8.47. The second-order valence-electron chi connectivity index (χ2n) is 6.61. The molecule has 26 heavy (non-hydrogen) atoms. The van der Waals surface area contributed by atoms with Crippen molar-refractivity contribution in [1.29, 1.82) is 0 Å². The SMILES string of the molecule is CCCC(NCc1cccc(C(=O)O)c1)C(=O)N1CCc2sccc2C1. The Morgan fingerprint density at radius 3 is 2.96 bits per heavy atom. The van der Waals surface area contributed by atoms with Crippen LogP contribution in [0.25, 0.3) is 0 Å². The summed E-state index contributed by atoms with van der Waals surface area (Å²) in [6.07, 6.45) is 2.61. The average molecular weight is 372 g/mol. The molecule has 1 aromatic heterocycles. The van der Waals surface area contributed by atoms with Gasteiger partial charge in [-0.2, -0.15) is 0 Å². The Kier molecular flexibility index (Phi) is 6.06. The number of nitrogens with one attached hydrogen (secondary N) is 1.